The van der Waals surface area contributed by atoms with Gasteiger partial charge in [-0.25, -0.2) is 0 Å². The van der Waals surface area contributed by atoms with Crippen molar-refractivity contribution >= 4 is 12.3 Å². The molecule has 0 bridgehead atoms. The number of carboxylic acid groups (broad SMARTS) is 1. The predicted octanol–water partition coefficient (Wildman–Crippen LogP) is 1.71. The van der Waals surface area contributed by atoms with Gasteiger partial charge in [0.25, 0.3) is 0 Å². The molecular weight excluding hydrogens is 156 g/mol. The molecule has 0 aromatic rings. The maximum Gasteiger partial charge on any atom is 0.307 e. The Bertz CT molecular complexity index is 167. The Kier molecular flexibility index (Phi) is 3.93. The van der Waals surface area contributed by atoms with Crippen LogP contribution in [0.3, 0.4) is 0 Å². The third-order valence-corrected chi connectivity index (χ3v) is 1.92. The van der Waals surface area contributed by atoms with E-state index >= 15 is 0 Å². The fourth-order valence-corrected chi connectivity index (χ4v) is 1.16. The molecule has 0 radical (unpaired) electrons. The summed E-state index contributed by atoms with van der Waals surface area (Å²) in [4.78, 5) is 20.8. The van der Waals surface area contributed by atoms with E-state index in [9.17, 15) is 9.59 Å². The summed E-state index contributed by atoms with van der Waals surface area (Å²) in [5.74, 6) is -1.24. The minimum atomic E-state index is -0.815. The van der Waals surface area contributed by atoms with Crippen LogP contribution in [0, 0.1) is 11.3 Å². The Hall–Kier alpha value is -0.860. The van der Waals surface area contributed by atoms with Crippen LogP contribution in [0.25, 0.3) is 0 Å². The molecule has 0 aliphatic carbocycles. The molecule has 1 N–H and O–H groups in total. The lowest BCUT2D eigenvalue weighted by Gasteiger charge is -2.26. The van der Waals surface area contributed by atoms with Gasteiger partial charge in [-0.3, -0.25) is 4.79 Å². The smallest absolute Gasteiger partial charge is 0.307 e. The van der Waals surface area contributed by atoms with E-state index in [-0.39, 0.29) is 5.41 Å². The zero-order chi connectivity index (χ0) is 9.78. The van der Waals surface area contributed by atoms with Crippen LogP contribution >= 0.6 is 0 Å². The molecule has 0 amide bonds. The number of rotatable bonds is 4. The third-order valence-electron chi connectivity index (χ3n) is 1.92. The summed E-state index contributed by atoms with van der Waals surface area (Å²) in [5.41, 5.74) is -0.269. The van der Waals surface area contributed by atoms with Crippen molar-refractivity contribution in [1.82, 2.24) is 0 Å². The fourth-order valence-electron chi connectivity index (χ4n) is 1.16. The summed E-state index contributed by atoms with van der Waals surface area (Å²) >= 11 is 0. The molecule has 0 fully saturated rings. The topological polar surface area (TPSA) is 54.4 Å². The Morgan fingerprint density at radius 2 is 2.00 bits per heavy atom. The van der Waals surface area contributed by atoms with Crippen molar-refractivity contribution in [3.8, 4) is 0 Å². The Balaban J connectivity index is 4.24. The van der Waals surface area contributed by atoms with Gasteiger partial charge in [0.2, 0.25) is 0 Å². The molecule has 1 atom stereocenters. The molecule has 3 heteroatoms. The second kappa shape index (κ2) is 4.24. The normalized spacial score (nSPS) is 13.9. The van der Waals surface area contributed by atoms with E-state index in [2.05, 4.69) is 0 Å². The highest BCUT2D eigenvalue weighted by molar-refractivity contribution is 5.71. The fraction of sp³-hybridized carbons (Fsp3) is 0.778. The van der Waals surface area contributed by atoms with Crippen LogP contribution in [-0.4, -0.2) is 17.4 Å². The van der Waals surface area contributed by atoms with Gasteiger partial charge in [0, 0.05) is 6.42 Å². The molecule has 0 aromatic carbocycles. The van der Waals surface area contributed by atoms with E-state index in [1.165, 1.54) is 0 Å². The number of hydrogen-bond acceptors (Lipinski definition) is 2. The maximum atomic E-state index is 10.7. The summed E-state index contributed by atoms with van der Waals surface area (Å²) in [6, 6.07) is 0. The monoisotopic (exact) mass is 172 g/mol. The molecule has 0 heterocycles. The van der Waals surface area contributed by atoms with E-state index in [1.54, 1.807) is 0 Å². The highest BCUT2D eigenvalue weighted by Crippen LogP contribution is 2.29. The van der Waals surface area contributed by atoms with Crippen LogP contribution < -0.4 is 0 Å². The SMILES string of the molecule is CC(C)(C)C(CCC=O)C(=O)O. The second-order valence-corrected chi connectivity index (χ2v) is 4.00. The van der Waals surface area contributed by atoms with Gasteiger partial charge < -0.3 is 9.90 Å². The van der Waals surface area contributed by atoms with Gasteiger partial charge in [-0.15, -0.1) is 0 Å². The van der Waals surface area contributed by atoms with Crippen LogP contribution in [0.1, 0.15) is 33.6 Å². The number of aldehydes is 1. The van der Waals surface area contributed by atoms with E-state index in [0.29, 0.717) is 12.8 Å². The number of carbonyl (C=O) groups excluding carboxylic acids is 1. The molecule has 0 saturated heterocycles. The van der Waals surface area contributed by atoms with Crippen molar-refractivity contribution in [2.24, 2.45) is 11.3 Å². The van der Waals surface area contributed by atoms with Gasteiger partial charge >= 0.3 is 5.97 Å². The quantitative estimate of drug-likeness (QED) is 0.657. The standard InChI is InChI=1S/C9H16O3/c1-9(2,3)7(8(11)12)5-4-6-10/h6-7H,4-5H2,1-3H3,(H,11,12). The molecule has 0 aliphatic rings. The molecule has 0 saturated carbocycles. The second-order valence-electron chi connectivity index (χ2n) is 4.00. The number of hydrogen-bond donors (Lipinski definition) is 1. The van der Waals surface area contributed by atoms with Crippen molar-refractivity contribution < 1.29 is 14.7 Å². The number of carboxylic acids is 1. The van der Waals surface area contributed by atoms with Crippen LogP contribution in [-0.2, 0) is 9.59 Å². The van der Waals surface area contributed by atoms with Gasteiger partial charge in [-0.1, -0.05) is 20.8 Å². The maximum absolute atomic E-state index is 10.7. The molecule has 1 unspecified atom stereocenters. The summed E-state index contributed by atoms with van der Waals surface area (Å²) in [6.45, 7) is 5.61. The lowest BCUT2D eigenvalue weighted by molar-refractivity contribution is -0.145. The molecule has 0 spiro atoms. The van der Waals surface area contributed by atoms with Crippen molar-refractivity contribution in [2.45, 2.75) is 33.6 Å². The first-order valence-electron chi connectivity index (χ1n) is 4.06. The minimum Gasteiger partial charge on any atom is -0.481 e. The van der Waals surface area contributed by atoms with Gasteiger partial charge in [0.1, 0.15) is 6.29 Å². The molecule has 0 aliphatic heterocycles. The minimum absolute atomic E-state index is 0.269. The third kappa shape index (κ3) is 3.51. The van der Waals surface area contributed by atoms with Crippen molar-refractivity contribution in [3.63, 3.8) is 0 Å². The van der Waals surface area contributed by atoms with Gasteiger partial charge in [-0.2, -0.15) is 0 Å². The lowest BCUT2D eigenvalue weighted by atomic mass is 9.78. The Morgan fingerprint density at radius 1 is 1.50 bits per heavy atom. The Labute approximate surface area is 72.8 Å². The molecule has 0 rings (SSSR count). The van der Waals surface area contributed by atoms with E-state index < -0.39 is 11.9 Å². The van der Waals surface area contributed by atoms with Crippen LogP contribution in [0.4, 0.5) is 0 Å². The summed E-state index contributed by atoms with van der Waals surface area (Å²) in [7, 11) is 0. The van der Waals surface area contributed by atoms with Crippen LogP contribution in [0.5, 0.6) is 0 Å². The summed E-state index contributed by atoms with van der Waals surface area (Å²) in [6.07, 6.45) is 1.53. The van der Waals surface area contributed by atoms with Gasteiger partial charge in [0.15, 0.2) is 0 Å². The summed E-state index contributed by atoms with van der Waals surface area (Å²) in [5, 5.41) is 8.82. The van der Waals surface area contributed by atoms with Gasteiger partial charge in [-0.05, 0) is 11.8 Å². The highest BCUT2D eigenvalue weighted by Gasteiger charge is 2.30. The van der Waals surface area contributed by atoms with E-state index in [1.807, 2.05) is 20.8 Å². The summed E-state index contributed by atoms with van der Waals surface area (Å²) < 4.78 is 0. The zero-order valence-corrected chi connectivity index (χ0v) is 7.83. The molecule has 0 aromatic heterocycles. The molecular formula is C9H16O3. The van der Waals surface area contributed by atoms with Crippen molar-refractivity contribution in [2.75, 3.05) is 0 Å². The molecule has 12 heavy (non-hydrogen) atoms. The van der Waals surface area contributed by atoms with Gasteiger partial charge in [0.05, 0.1) is 5.92 Å². The first-order chi connectivity index (χ1) is 5.39. The molecule has 70 valence electrons. The average molecular weight is 172 g/mol. The average Bonchev–Trinajstić information content (AvgIpc) is 1.84. The highest BCUT2D eigenvalue weighted by atomic mass is 16.4. The predicted molar refractivity (Wildman–Crippen MR) is 45.9 cm³/mol. The van der Waals surface area contributed by atoms with E-state index in [4.69, 9.17) is 5.11 Å². The van der Waals surface area contributed by atoms with Crippen molar-refractivity contribution in [3.05, 3.63) is 0 Å². The van der Waals surface area contributed by atoms with Crippen molar-refractivity contribution in [1.29, 1.82) is 0 Å². The number of carbonyl (C=O) groups is 2. The largest absolute Gasteiger partial charge is 0.481 e. The lowest BCUT2D eigenvalue weighted by Crippen LogP contribution is -2.28. The zero-order valence-electron chi connectivity index (χ0n) is 7.83. The Morgan fingerprint density at radius 3 is 2.25 bits per heavy atom. The van der Waals surface area contributed by atoms with Crippen LogP contribution in [0.2, 0.25) is 0 Å². The number of aliphatic carboxylic acids is 1. The first-order valence-corrected chi connectivity index (χ1v) is 4.06. The molecule has 3 nitrogen and oxygen atoms in total. The van der Waals surface area contributed by atoms with E-state index in [0.717, 1.165) is 6.29 Å². The first kappa shape index (κ1) is 11.1. The van der Waals surface area contributed by atoms with Crippen LogP contribution in [0.15, 0.2) is 0 Å².